The Morgan fingerprint density at radius 3 is 2.48 bits per heavy atom. The van der Waals surface area contributed by atoms with E-state index in [9.17, 15) is 9.18 Å². The number of carbonyl (C=O) groups excluding carboxylic acids is 1. The summed E-state index contributed by atoms with van der Waals surface area (Å²) in [7, 11) is 0. The van der Waals surface area contributed by atoms with Gasteiger partial charge in [0.1, 0.15) is 5.82 Å². The number of aromatic nitrogens is 1. The standard InChI is InChI=1S/C34H39FN2O2S/c1-4-31-33(25-17-20-36(21-18-25)19-8-22-40-28-14-11-26(35)12-15-28)30-9-6-7-10-32(30)37(31)27-13-16-29(24(3)23-27)34(38)39-5-2/h6-7,9-16,23,25H,4-5,8,17-22H2,1-3H3. The summed E-state index contributed by atoms with van der Waals surface area (Å²) in [5, 5.41) is 1.35. The van der Waals surface area contributed by atoms with Crippen LogP contribution in [0.5, 0.6) is 0 Å². The Morgan fingerprint density at radius 1 is 1.02 bits per heavy atom. The Bertz CT molecular complexity index is 1460. The van der Waals surface area contributed by atoms with Gasteiger partial charge in [-0.2, -0.15) is 0 Å². The van der Waals surface area contributed by atoms with E-state index >= 15 is 0 Å². The average molecular weight is 559 g/mol. The van der Waals surface area contributed by atoms with E-state index in [0.717, 1.165) is 67.2 Å². The normalized spacial score (nSPS) is 14.6. The van der Waals surface area contributed by atoms with E-state index in [1.165, 1.54) is 34.3 Å². The van der Waals surface area contributed by atoms with Crippen molar-refractivity contribution in [1.82, 2.24) is 9.47 Å². The van der Waals surface area contributed by atoms with Gasteiger partial charge in [0, 0.05) is 21.7 Å². The molecule has 0 atom stereocenters. The molecule has 0 bridgehead atoms. The number of hydrogen-bond acceptors (Lipinski definition) is 4. The minimum Gasteiger partial charge on any atom is -0.462 e. The number of rotatable bonds is 10. The minimum atomic E-state index is -0.263. The number of nitrogens with zero attached hydrogens (tertiary/aromatic N) is 2. The molecule has 0 saturated carbocycles. The van der Waals surface area contributed by atoms with Crippen LogP contribution < -0.4 is 0 Å². The molecule has 0 spiro atoms. The molecule has 1 saturated heterocycles. The van der Waals surface area contributed by atoms with Crippen molar-refractivity contribution in [1.29, 1.82) is 0 Å². The van der Waals surface area contributed by atoms with Crippen molar-refractivity contribution in [2.45, 2.75) is 57.3 Å². The van der Waals surface area contributed by atoms with Crippen LogP contribution in [0.4, 0.5) is 4.39 Å². The molecule has 0 aliphatic carbocycles. The third-order valence-corrected chi connectivity index (χ3v) is 9.11. The number of ether oxygens (including phenoxy) is 1. The molecular formula is C34H39FN2O2S. The molecule has 4 aromatic rings. The van der Waals surface area contributed by atoms with Crippen LogP contribution in [0.2, 0.25) is 0 Å². The fourth-order valence-corrected chi connectivity index (χ4v) is 6.93. The van der Waals surface area contributed by atoms with Gasteiger partial charge in [-0.15, -0.1) is 11.8 Å². The number of benzene rings is 3. The SMILES string of the molecule is CCOC(=O)c1ccc(-n2c(CC)c(C3CCN(CCCSc4ccc(F)cc4)CC3)c3ccccc32)cc1C. The number of fused-ring (bicyclic) bond motifs is 1. The molecule has 0 N–H and O–H groups in total. The van der Waals surface area contributed by atoms with Crippen molar-refractivity contribution < 1.29 is 13.9 Å². The Kier molecular flexibility index (Phi) is 9.28. The molecule has 2 heterocycles. The van der Waals surface area contributed by atoms with E-state index in [1.54, 1.807) is 11.8 Å². The van der Waals surface area contributed by atoms with Crippen LogP contribution in [-0.2, 0) is 11.2 Å². The first-order valence-electron chi connectivity index (χ1n) is 14.5. The molecule has 1 aliphatic heterocycles. The maximum atomic E-state index is 13.1. The van der Waals surface area contributed by atoms with Crippen molar-refractivity contribution in [2.75, 3.05) is 32.0 Å². The second kappa shape index (κ2) is 13.0. The lowest BCUT2D eigenvalue weighted by Crippen LogP contribution is -2.34. The quantitative estimate of drug-likeness (QED) is 0.112. The van der Waals surface area contributed by atoms with Gasteiger partial charge in [0.15, 0.2) is 0 Å². The smallest absolute Gasteiger partial charge is 0.338 e. The summed E-state index contributed by atoms with van der Waals surface area (Å²) in [4.78, 5) is 16.1. The summed E-state index contributed by atoms with van der Waals surface area (Å²) in [6.45, 7) is 9.78. The van der Waals surface area contributed by atoms with Crippen molar-refractivity contribution in [3.63, 3.8) is 0 Å². The molecule has 40 heavy (non-hydrogen) atoms. The molecular weight excluding hydrogens is 519 g/mol. The van der Waals surface area contributed by atoms with Crippen LogP contribution in [-0.4, -0.2) is 47.4 Å². The first-order chi connectivity index (χ1) is 19.5. The van der Waals surface area contributed by atoms with Gasteiger partial charge in [-0.1, -0.05) is 25.1 Å². The Hall–Kier alpha value is -3.09. The number of likely N-dealkylation sites (tertiary alicyclic amines) is 1. The number of carbonyl (C=O) groups is 1. The molecule has 1 aromatic heterocycles. The molecule has 0 amide bonds. The first kappa shape index (κ1) is 28.4. The second-order valence-electron chi connectivity index (χ2n) is 10.6. The highest BCUT2D eigenvalue weighted by atomic mass is 32.2. The Morgan fingerprint density at radius 2 is 1.77 bits per heavy atom. The fourth-order valence-electron chi connectivity index (χ4n) is 6.10. The molecule has 0 radical (unpaired) electrons. The van der Waals surface area contributed by atoms with Crippen LogP contribution in [0, 0.1) is 12.7 Å². The summed E-state index contributed by atoms with van der Waals surface area (Å²) in [5.41, 5.74) is 6.76. The number of hydrogen-bond donors (Lipinski definition) is 0. The predicted octanol–water partition coefficient (Wildman–Crippen LogP) is 8.18. The van der Waals surface area contributed by atoms with Gasteiger partial charge < -0.3 is 14.2 Å². The highest BCUT2D eigenvalue weighted by Gasteiger charge is 2.27. The Labute approximate surface area is 241 Å². The van der Waals surface area contributed by atoms with Gasteiger partial charge in [-0.25, -0.2) is 9.18 Å². The van der Waals surface area contributed by atoms with E-state index in [4.69, 9.17) is 4.74 Å². The average Bonchev–Trinajstić information content (AvgIpc) is 3.31. The molecule has 1 fully saturated rings. The molecule has 1 aliphatic rings. The molecule has 4 nitrogen and oxygen atoms in total. The lowest BCUT2D eigenvalue weighted by molar-refractivity contribution is 0.0525. The lowest BCUT2D eigenvalue weighted by Gasteiger charge is -2.32. The summed E-state index contributed by atoms with van der Waals surface area (Å²) in [5.74, 6) is 1.14. The molecule has 5 rings (SSSR count). The van der Waals surface area contributed by atoms with Crippen LogP contribution in [0.1, 0.15) is 66.2 Å². The monoisotopic (exact) mass is 558 g/mol. The maximum absolute atomic E-state index is 13.1. The summed E-state index contributed by atoms with van der Waals surface area (Å²) in [6, 6.07) is 21.7. The fraction of sp³-hybridized carbons (Fsp3) is 0.382. The Balaban J connectivity index is 1.31. The van der Waals surface area contributed by atoms with Crippen LogP contribution in [0.15, 0.2) is 71.6 Å². The number of para-hydroxylation sites is 1. The van der Waals surface area contributed by atoms with Crippen molar-refractivity contribution in [2.24, 2.45) is 0 Å². The van der Waals surface area contributed by atoms with Gasteiger partial charge in [0.05, 0.1) is 17.7 Å². The van der Waals surface area contributed by atoms with Gasteiger partial charge >= 0.3 is 5.97 Å². The van der Waals surface area contributed by atoms with Crippen molar-refractivity contribution in [3.05, 3.63) is 94.9 Å². The van der Waals surface area contributed by atoms with E-state index < -0.39 is 0 Å². The van der Waals surface area contributed by atoms with E-state index in [2.05, 4.69) is 52.8 Å². The number of aryl methyl sites for hydroxylation is 1. The molecule has 0 unspecified atom stereocenters. The number of piperidine rings is 1. The highest BCUT2D eigenvalue weighted by molar-refractivity contribution is 7.99. The number of esters is 1. The summed E-state index contributed by atoms with van der Waals surface area (Å²) < 4.78 is 20.8. The lowest BCUT2D eigenvalue weighted by atomic mass is 9.87. The molecule has 6 heteroatoms. The molecule has 3 aromatic carbocycles. The van der Waals surface area contributed by atoms with E-state index in [1.807, 2.05) is 32.0 Å². The maximum Gasteiger partial charge on any atom is 0.338 e. The second-order valence-corrected chi connectivity index (χ2v) is 11.7. The van der Waals surface area contributed by atoms with Crippen LogP contribution >= 0.6 is 11.8 Å². The zero-order chi connectivity index (χ0) is 28.1. The van der Waals surface area contributed by atoms with Gasteiger partial charge in [-0.05, 0) is 130 Å². The highest BCUT2D eigenvalue weighted by Crippen LogP contribution is 2.39. The topological polar surface area (TPSA) is 34.5 Å². The van der Waals surface area contributed by atoms with Crippen molar-refractivity contribution >= 4 is 28.6 Å². The third-order valence-electron chi connectivity index (χ3n) is 8.01. The molecule has 210 valence electrons. The van der Waals surface area contributed by atoms with Gasteiger partial charge in [0.25, 0.3) is 0 Å². The van der Waals surface area contributed by atoms with Gasteiger partial charge in [0.2, 0.25) is 0 Å². The van der Waals surface area contributed by atoms with Crippen LogP contribution in [0.3, 0.4) is 0 Å². The largest absolute Gasteiger partial charge is 0.462 e. The number of thioether (sulfide) groups is 1. The zero-order valence-electron chi connectivity index (χ0n) is 23.8. The summed E-state index contributed by atoms with van der Waals surface area (Å²) in [6.07, 6.45) is 4.40. The summed E-state index contributed by atoms with van der Waals surface area (Å²) >= 11 is 1.81. The first-order valence-corrected chi connectivity index (χ1v) is 15.5. The predicted molar refractivity (Wildman–Crippen MR) is 164 cm³/mol. The number of halogens is 1. The van der Waals surface area contributed by atoms with Gasteiger partial charge in [-0.3, -0.25) is 0 Å². The van der Waals surface area contributed by atoms with E-state index in [0.29, 0.717) is 18.1 Å². The van der Waals surface area contributed by atoms with E-state index in [-0.39, 0.29) is 11.8 Å². The van der Waals surface area contributed by atoms with Crippen LogP contribution in [0.25, 0.3) is 16.6 Å². The zero-order valence-corrected chi connectivity index (χ0v) is 24.6. The third kappa shape index (κ3) is 6.13. The van der Waals surface area contributed by atoms with Crippen molar-refractivity contribution in [3.8, 4) is 5.69 Å². The minimum absolute atomic E-state index is 0.177.